The molecule has 2 aromatic rings. The molecular weight excluding hydrogens is 317 g/mol. The number of hydrogen-bond acceptors (Lipinski definition) is 5. The number of esters is 1. The van der Waals surface area contributed by atoms with Gasteiger partial charge in [-0.1, -0.05) is 0 Å². The quantitative estimate of drug-likeness (QED) is 0.405. The first-order chi connectivity index (χ1) is 10.9. The number of hydrazone groups is 1. The first-order valence-electron chi connectivity index (χ1n) is 6.12. The Morgan fingerprint density at radius 3 is 2.43 bits per heavy atom. The maximum atomic E-state index is 11.9. The molecule has 2 rings (SSSR count). The zero-order chi connectivity index (χ0) is 16.9. The summed E-state index contributed by atoms with van der Waals surface area (Å²) in [4.78, 5) is 22.1. The van der Waals surface area contributed by atoms with Gasteiger partial charge < -0.3 is 9.15 Å². The third-order valence-corrected chi connectivity index (χ3v) is 2.45. The van der Waals surface area contributed by atoms with E-state index >= 15 is 0 Å². The number of rotatable bonds is 4. The molecule has 9 heteroatoms. The molecule has 0 atom stereocenters. The van der Waals surface area contributed by atoms with Crippen LogP contribution in [0.2, 0.25) is 0 Å². The summed E-state index contributed by atoms with van der Waals surface area (Å²) in [5.74, 6) is -2.61. The molecule has 1 N–H and O–H groups in total. The van der Waals surface area contributed by atoms with Crippen molar-refractivity contribution in [2.45, 2.75) is 6.18 Å². The Kier molecular flexibility index (Phi) is 4.79. The van der Waals surface area contributed by atoms with E-state index in [2.05, 4.69) is 5.10 Å². The number of furan rings is 1. The second-order valence-corrected chi connectivity index (χ2v) is 4.13. The summed E-state index contributed by atoms with van der Waals surface area (Å²) in [6, 6.07) is 8.67. The van der Waals surface area contributed by atoms with E-state index in [1.807, 2.05) is 0 Å². The summed E-state index contributed by atoms with van der Waals surface area (Å²) in [6.07, 6.45) is -2.66. The summed E-state index contributed by atoms with van der Waals surface area (Å²) >= 11 is 0. The lowest BCUT2D eigenvalue weighted by atomic mass is 10.2. The van der Waals surface area contributed by atoms with Gasteiger partial charge in [0.25, 0.3) is 0 Å². The lowest BCUT2D eigenvalue weighted by molar-refractivity contribution is -0.173. The summed E-state index contributed by atoms with van der Waals surface area (Å²) in [7, 11) is 0. The zero-order valence-corrected chi connectivity index (χ0v) is 11.3. The maximum absolute atomic E-state index is 11.9. The van der Waals surface area contributed by atoms with E-state index in [9.17, 15) is 22.8 Å². The predicted octanol–water partition coefficient (Wildman–Crippen LogP) is 2.51. The van der Waals surface area contributed by atoms with Crippen LogP contribution in [0.25, 0.3) is 0 Å². The van der Waals surface area contributed by atoms with E-state index in [4.69, 9.17) is 9.15 Å². The van der Waals surface area contributed by atoms with Gasteiger partial charge in [0.15, 0.2) is 0 Å². The Bertz CT molecular complexity index is 707. The van der Waals surface area contributed by atoms with Gasteiger partial charge in [-0.25, -0.2) is 10.2 Å². The monoisotopic (exact) mass is 326 g/mol. The number of benzene rings is 1. The van der Waals surface area contributed by atoms with Gasteiger partial charge in [0.2, 0.25) is 5.76 Å². The van der Waals surface area contributed by atoms with Gasteiger partial charge in [-0.15, -0.1) is 0 Å². The summed E-state index contributed by atoms with van der Waals surface area (Å²) in [6.45, 7) is 0. The molecule has 0 spiro atoms. The van der Waals surface area contributed by atoms with Crippen molar-refractivity contribution < 1.29 is 31.9 Å². The lowest BCUT2D eigenvalue weighted by Gasteiger charge is -2.03. The molecule has 0 bridgehead atoms. The Hall–Kier alpha value is -3.10. The van der Waals surface area contributed by atoms with Crippen LogP contribution in [0.5, 0.6) is 5.75 Å². The number of hydrogen-bond donors (Lipinski definition) is 1. The Balaban J connectivity index is 1.92. The number of alkyl halides is 3. The third kappa shape index (κ3) is 4.70. The first kappa shape index (κ1) is 16.3. The van der Waals surface area contributed by atoms with Crippen LogP contribution in [0, 0.1) is 0 Å². The highest BCUT2D eigenvalue weighted by Crippen LogP contribution is 2.15. The largest absolute Gasteiger partial charge is 0.473 e. The molecule has 1 aromatic carbocycles. The number of nitrogens with zero attached hydrogens (tertiary/aromatic N) is 1. The summed E-state index contributed by atoms with van der Waals surface area (Å²) < 4.78 is 45.6. The van der Waals surface area contributed by atoms with E-state index in [1.54, 1.807) is 0 Å². The number of nitrogens with one attached hydrogen (secondary N) is 1. The fourth-order valence-corrected chi connectivity index (χ4v) is 1.40. The number of carbonyl (C=O) groups excluding carboxylic acids is 2. The highest BCUT2D eigenvalue weighted by Gasteiger charge is 2.38. The fourth-order valence-electron chi connectivity index (χ4n) is 1.40. The molecule has 6 nitrogen and oxygen atoms in total. The third-order valence-electron chi connectivity index (χ3n) is 2.45. The Labute approximate surface area is 127 Å². The van der Waals surface area contributed by atoms with Crippen LogP contribution in [-0.2, 0) is 4.79 Å². The van der Waals surface area contributed by atoms with Crippen LogP contribution >= 0.6 is 0 Å². The van der Waals surface area contributed by atoms with Crippen LogP contribution in [0.1, 0.15) is 16.1 Å². The molecule has 0 aliphatic carbocycles. The minimum atomic E-state index is -5.00. The van der Waals surface area contributed by atoms with Crippen LogP contribution in [0.4, 0.5) is 13.2 Å². The molecular formula is C14H9F3N2O4. The number of halogens is 3. The van der Waals surface area contributed by atoms with Crippen molar-refractivity contribution in [3.8, 4) is 5.75 Å². The van der Waals surface area contributed by atoms with E-state index in [-0.39, 0.29) is 11.5 Å². The van der Waals surface area contributed by atoms with Gasteiger partial charge in [0.05, 0.1) is 12.5 Å². The number of amides is 1. The van der Waals surface area contributed by atoms with Crippen LogP contribution in [-0.4, -0.2) is 24.3 Å². The van der Waals surface area contributed by atoms with Gasteiger partial charge >= 0.3 is 18.1 Å². The topological polar surface area (TPSA) is 80.9 Å². The molecule has 120 valence electrons. The molecule has 0 fully saturated rings. The SMILES string of the molecule is O=C(Oc1ccc(/C=N/NC(=O)C(F)(F)F)cc1)c1ccco1. The van der Waals surface area contributed by atoms with E-state index in [0.29, 0.717) is 5.56 Å². The minimum Gasteiger partial charge on any atom is -0.457 e. The van der Waals surface area contributed by atoms with Gasteiger partial charge in [-0.3, -0.25) is 4.79 Å². The van der Waals surface area contributed by atoms with Crippen molar-refractivity contribution in [2.24, 2.45) is 5.10 Å². The first-order valence-corrected chi connectivity index (χ1v) is 6.12. The van der Waals surface area contributed by atoms with Crippen molar-refractivity contribution in [1.82, 2.24) is 5.43 Å². The summed E-state index contributed by atoms with van der Waals surface area (Å²) in [5, 5.41) is 3.17. The Morgan fingerprint density at radius 2 is 1.87 bits per heavy atom. The van der Waals surface area contributed by atoms with Crippen molar-refractivity contribution in [2.75, 3.05) is 0 Å². The van der Waals surface area contributed by atoms with Gasteiger partial charge in [-0.2, -0.15) is 18.3 Å². The average molecular weight is 326 g/mol. The second-order valence-electron chi connectivity index (χ2n) is 4.13. The normalized spacial score (nSPS) is 11.4. The molecule has 0 aliphatic heterocycles. The molecule has 1 amide bonds. The van der Waals surface area contributed by atoms with Crippen molar-refractivity contribution >= 4 is 18.1 Å². The zero-order valence-electron chi connectivity index (χ0n) is 11.3. The van der Waals surface area contributed by atoms with Gasteiger partial charge in [0.1, 0.15) is 5.75 Å². The van der Waals surface area contributed by atoms with Crippen molar-refractivity contribution in [1.29, 1.82) is 0 Å². The van der Waals surface area contributed by atoms with E-state index in [1.165, 1.54) is 48.1 Å². The maximum Gasteiger partial charge on any atom is 0.473 e. The standard InChI is InChI=1S/C14H9F3N2O4/c15-14(16,17)13(21)19-18-8-9-3-5-10(6-4-9)23-12(20)11-2-1-7-22-11/h1-8H,(H,19,21)/b18-8+. The van der Waals surface area contributed by atoms with Crippen LogP contribution in [0.15, 0.2) is 52.2 Å². The lowest BCUT2D eigenvalue weighted by Crippen LogP contribution is -2.33. The highest BCUT2D eigenvalue weighted by molar-refractivity contribution is 5.88. The molecule has 23 heavy (non-hydrogen) atoms. The van der Waals surface area contributed by atoms with Crippen molar-refractivity contribution in [3.05, 3.63) is 54.0 Å². The van der Waals surface area contributed by atoms with Crippen molar-refractivity contribution in [3.63, 3.8) is 0 Å². The van der Waals surface area contributed by atoms with Crippen LogP contribution in [0.3, 0.4) is 0 Å². The highest BCUT2D eigenvalue weighted by atomic mass is 19.4. The molecule has 1 aromatic heterocycles. The fraction of sp³-hybridized carbons (Fsp3) is 0.0714. The van der Waals surface area contributed by atoms with E-state index < -0.39 is 18.1 Å². The molecule has 0 aliphatic rings. The number of carbonyl (C=O) groups is 2. The molecule has 0 unspecified atom stereocenters. The smallest absolute Gasteiger partial charge is 0.457 e. The molecule has 1 heterocycles. The Morgan fingerprint density at radius 1 is 1.17 bits per heavy atom. The van der Waals surface area contributed by atoms with Crippen LogP contribution < -0.4 is 10.2 Å². The number of ether oxygens (including phenoxy) is 1. The molecule has 0 saturated carbocycles. The minimum absolute atomic E-state index is 0.0329. The van der Waals surface area contributed by atoms with Gasteiger partial charge in [0, 0.05) is 0 Å². The predicted molar refractivity (Wildman–Crippen MR) is 71.9 cm³/mol. The van der Waals surface area contributed by atoms with Gasteiger partial charge in [-0.05, 0) is 42.0 Å². The average Bonchev–Trinajstić information content (AvgIpc) is 3.02. The second kappa shape index (κ2) is 6.77. The van der Waals surface area contributed by atoms with E-state index in [0.717, 1.165) is 6.21 Å². The molecule has 0 saturated heterocycles. The molecule has 0 radical (unpaired) electrons. The summed E-state index contributed by atoms with van der Waals surface area (Å²) in [5.41, 5.74) is 1.74.